The molecule has 6 heteroatoms. The summed E-state index contributed by atoms with van der Waals surface area (Å²) in [6.45, 7) is 2.93. The Morgan fingerprint density at radius 1 is 1.21 bits per heavy atom. The van der Waals surface area contributed by atoms with Gasteiger partial charge in [0.05, 0.1) is 7.11 Å². The van der Waals surface area contributed by atoms with Crippen molar-refractivity contribution < 1.29 is 9.53 Å². The van der Waals surface area contributed by atoms with Crippen LogP contribution in [0.5, 0.6) is 5.75 Å². The van der Waals surface area contributed by atoms with Crippen molar-refractivity contribution >= 4 is 29.3 Å². The fourth-order valence-corrected chi connectivity index (χ4v) is 4.33. The molecule has 1 aliphatic heterocycles. The number of hydrogen-bond acceptors (Lipinski definition) is 4. The molecule has 0 aliphatic carbocycles. The summed E-state index contributed by atoms with van der Waals surface area (Å²) >= 11 is 7.58. The zero-order valence-electron chi connectivity index (χ0n) is 16.2. The van der Waals surface area contributed by atoms with Crippen molar-refractivity contribution in [1.29, 1.82) is 0 Å². The lowest BCUT2D eigenvalue weighted by Crippen LogP contribution is -2.44. The summed E-state index contributed by atoms with van der Waals surface area (Å²) in [6.07, 6.45) is 2.54. The Balaban J connectivity index is 1.34. The Labute approximate surface area is 176 Å². The highest BCUT2D eigenvalue weighted by atomic mass is 35.5. The molecule has 1 saturated heterocycles. The Morgan fingerprint density at radius 3 is 2.68 bits per heavy atom. The summed E-state index contributed by atoms with van der Waals surface area (Å²) in [7, 11) is 1.70. The van der Waals surface area contributed by atoms with Crippen LogP contribution in [0.25, 0.3) is 0 Å². The predicted octanol–water partition coefficient (Wildman–Crippen LogP) is 4.61. The zero-order valence-corrected chi connectivity index (χ0v) is 17.8. The lowest BCUT2D eigenvalue weighted by Gasteiger charge is -2.32. The van der Waals surface area contributed by atoms with E-state index in [1.807, 2.05) is 36.4 Å². The summed E-state index contributed by atoms with van der Waals surface area (Å²) in [5.74, 6) is 1.83. The van der Waals surface area contributed by atoms with Crippen molar-refractivity contribution in [2.24, 2.45) is 0 Å². The van der Waals surface area contributed by atoms with E-state index in [-0.39, 0.29) is 11.9 Å². The maximum atomic E-state index is 12.2. The third-order valence-corrected chi connectivity index (χ3v) is 6.17. The molecular formula is C22H27ClN2O2S. The van der Waals surface area contributed by atoms with Crippen molar-refractivity contribution in [1.82, 2.24) is 10.2 Å². The summed E-state index contributed by atoms with van der Waals surface area (Å²) < 4.78 is 5.30. The van der Waals surface area contributed by atoms with Crippen molar-refractivity contribution in [2.75, 3.05) is 26.0 Å². The first-order valence-electron chi connectivity index (χ1n) is 9.65. The standard InChI is InChI=1S/C22H27ClN2O2S/c1-27-20-4-2-3-17(15-20)16-25-12-9-19(10-13-25)24-22(26)11-14-28-21-7-5-18(23)6-8-21/h2-8,15,19H,9-14,16H2,1H3,(H,24,26). The van der Waals surface area contributed by atoms with Gasteiger partial charge in [0.2, 0.25) is 5.91 Å². The van der Waals surface area contributed by atoms with Crippen LogP contribution in [0.15, 0.2) is 53.4 Å². The number of carbonyl (C=O) groups excluding carboxylic acids is 1. The van der Waals surface area contributed by atoms with Crippen LogP contribution < -0.4 is 10.1 Å². The number of nitrogens with one attached hydrogen (secondary N) is 1. The molecule has 1 heterocycles. The molecule has 0 unspecified atom stereocenters. The van der Waals surface area contributed by atoms with Gasteiger partial charge in [0.15, 0.2) is 0 Å². The van der Waals surface area contributed by atoms with Gasteiger partial charge < -0.3 is 10.1 Å². The van der Waals surface area contributed by atoms with E-state index in [0.717, 1.165) is 53.9 Å². The molecule has 0 saturated carbocycles. The Hall–Kier alpha value is -1.69. The van der Waals surface area contributed by atoms with Crippen molar-refractivity contribution in [2.45, 2.75) is 36.7 Å². The lowest BCUT2D eigenvalue weighted by molar-refractivity contribution is -0.121. The highest BCUT2D eigenvalue weighted by Crippen LogP contribution is 2.21. The molecule has 0 bridgehead atoms. The number of thioether (sulfide) groups is 1. The molecule has 2 aromatic rings. The number of methoxy groups -OCH3 is 1. The highest BCUT2D eigenvalue weighted by molar-refractivity contribution is 7.99. The summed E-state index contributed by atoms with van der Waals surface area (Å²) in [6, 6.07) is 16.2. The number of amides is 1. The van der Waals surface area contributed by atoms with Crippen LogP contribution in [0.1, 0.15) is 24.8 Å². The van der Waals surface area contributed by atoms with Gasteiger partial charge in [-0.05, 0) is 54.8 Å². The molecule has 150 valence electrons. The second kappa shape index (κ2) is 10.7. The lowest BCUT2D eigenvalue weighted by atomic mass is 10.0. The number of benzene rings is 2. The molecule has 0 spiro atoms. The van der Waals surface area contributed by atoms with Gasteiger partial charge in [-0.1, -0.05) is 23.7 Å². The zero-order chi connectivity index (χ0) is 19.8. The highest BCUT2D eigenvalue weighted by Gasteiger charge is 2.20. The first-order valence-corrected chi connectivity index (χ1v) is 11.0. The molecule has 1 fully saturated rings. The molecule has 0 atom stereocenters. The van der Waals surface area contributed by atoms with Crippen LogP contribution in [0, 0.1) is 0 Å². The normalized spacial score (nSPS) is 15.4. The van der Waals surface area contributed by atoms with E-state index in [4.69, 9.17) is 16.3 Å². The van der Waals surface area contributed by atoms with Crippen molar-refractivity contribution in [3.8, 4) is 5.75 Å². The second-order valence-electron chi connectivity index (χ2n) is 7.02. The van der Waals surface area contributed by atoms with Crippen molar-refractivity contribution in [3.05, 3.63) is 59.1 Å². The minimum Gasteiger partial charge on any atom is -0.497 e. The van der Waals surface area contributed by atoms with Gasteiger partial charge in [0, 0.05) is 47.8 Å². The molecular weight excluding hydrogens is 392 g/mol. The SMILES string of the molecule is COc1cccc(CN2CCC(NC(=O)CCSc3ccc(Cl)cc3)CC2)c1. The molecule has 28 heavy (non-hydrogen) atoms. The maximum Gasteiger partial charge on any atom is 0.221 e. The Bertz CT molecular complexity index is 761. The van der Waals surface area contributed by atoms with E-state index in [1.54, 1.807) is 18.9 Å². The Morgan fingerprint density at radius 2 is 1.96 bits per heavy atom. The topological polar surface area (TPSA) is 41.6 Å². The number of hydrogen-bond donors (Lipinski definition) is 1. The number of rotatable bonds is 8. The van der Waals surface area contributed by atoms with E-state index < -0.39 is 0 Å². The monoisotopic (exact) mass is 418 g/mol. The number of likely N-dealkylation sites (tertiary alicyclic amines) is 1. The number of ether oxygens (including phenoxy) is 1. The van der Waals surface area contributed by atoms with Crippen LogP contribution in [0.3, 0.4) is 0 Å². The van der Waals surface area contributed by atoms with E-state index in [0.29, 0.717) is 6.42 Å². The fraction of sp³-hybridized carbons (Fsp3) is 0.409. The molecule has 3 rings (SSSR count). The van der Waals surface area contributed by atoms with Gasteiger partial charge >= 0.3 is 0 Å². The molecule has 1 N–H and O–H groups in total. The van der Waals surface area contributed by atoms with Gasteiger partial charge in [-0.2, -0.15) is 0 Å². The third-order valence-electron chi connectivity index (χ3n) is 4.90. The molecule has 1 aliphatic rings. The van der Waals surface area contributed by atoms with Crippen LogP contribution in [0.4, 0.5) is 0 Å². The van der Waals surface area contributed by atoms with E-state index in [9.17, 15) is 4.79 Å². The van der Waals surface area contributed by atoms with Gasteiger partial charge in [0.1, 0.15) is 5.75 Å². The molecule has 1 amide bonds. The van der Waals surface area contributed by atoms with Crippen LogP contribution >= 0.6 is 23.4 Å². The van der Waals surface area contributed by atoms with Gasteiger partial charge in [0.25, 0.3) is 0 Å². The minimum atomic E-state index is 0.146. The largest absolute Gasteiger partial charge is 0.497 e. The number of carbonyl (C=O) groups is 1. The van der Waals surface area contributed by atoms with E-state index >= 15 is 0 Å². The maximum absolute atomic E-state index is 12.2. The van der Waals surface area contributed by atoms with Gasteiger partial charge in [-0.3, -0.25) is 9.69 Å². The summed E-state index contributed by atoms with van der Waals surface area (Å²) in [4.78, 5) is 15.8. The first-order chi connectivity index (χ1) is 13.6. The number of piperidine rings is 1. The average molecular weight is 419 g/mol. The number of nitrogens with zero attached hydrogens (tertiary/aromatic N) is 1. The fourth-order valence-electron chi connectivity index (χ4n) is 3.36. The molecule has 4 nitrogen and oxygen atoms in total. The molecule has 0 radical (unpaired) electrons. The number of halogens is 1. The van der Waals surface area contributed by atoms with E-state index in [1.165, 1.54) is 5.56 Å². The van der Waals surface area contributed by atoms with Gasteiger partial charge in [-0.15, -0.1) is 11.8 Å². The summed E-state index contributed by atoms with van der Waals surface area (Å²) in [5, 5.41) is 3.93. The predicted molar refractivity (Wildman–Crippen MR) is 116 cm³/mol. The quantitative estimate of drug-likeness (QED) is 0.635. The summed E-state index contributed by atoms with van der Waals surface area (Å²) in [5.41, 5.74) is 1.26. The first kappa shape index (κ1) is 21.0. The van der Waals surface area contributed by atoms with Crippen LogP contribution in [0.2, 0.25) is 5.02 Å². The Kier molecular flexibility index (Phi) is 8.07. The average Bonchev–Trinajstić information content (AvgIpc) is 2.71. The second-order valence-corrected chi connectivity index (χ2v) is 8.63. The van der Waals surface area contributed by atoms with Gasteiger partial charge in [-0.25, -0.2) is 0 Å². The third kappa shape index (κ3) is 6.73. The minimum absolute atomic E-state index is 0.146. The molecule has 2 aromatic carbocycles. The van der Waals surface area contributed by atoms with Crippen LogP contribution in [-0.4, -0.2) is 42.8 Å². The van der Waals surface area contributed by atoms with Crippen LogP contribution in [-0.2, 0) is 11.3 Å². The molecule has 0 aromatic heterocycles. The smallest absolute Gasteiger partial charge is 0.221 e. The van der Waals surface area contributed by atoms with E-state index in [2.05, 4.69) is 22.3 Å². The van der Waals surface area contributed by atoms with Crippen molar-refractivity contribution in [3.63, 3.8) is 0 Å².